The summed E-state index contributed by atoms with van der Waals surface area (Å²) in [5.41, 5.74) is 0.192. The van der Waals surface area contributed by atoms with Gasteiger partial charge < -0.3 is 15.4 Å². The summed E-state index contributed by atoms with van der Waals surface area (Å²) in [6, 6.07) is 0. The Hall–Kier alpha value is -0.610. The van der Waals surface area contributed by atoms with Gasteiger partial charge in [0.2, 0.25) is 5.91 Å². The van der Waals surface area contributed by atoms with Crippen molar-refractivity contribution < 1.29 is 9.53 Å². The molecule has 0 aromatic heterocycles. The van der Waals surface area contributed by atoms with Crippen molar-refractivity contribution in [3.8, 4) is 0 Å². The third-order valence-electron chi connectivity index (χ3n) is 2.99. The summed E-state index contributed by atoms with van der Waals surface area (Å²) in [6.45, 7) is 9.10. The molecule has 0 atom stereocenters. The maximum absolute atomic E-state index is 11.6. The lowest BCUT2D eigenvalue weighted by Gasteiger charge is -2.25. The van der Waals surface area contributed by atoms with E-state index in [1.807, 2.05) is 0 Å². The van der Waals surface area contributed by atoms with Crippen LogP contribution in [0.4, 0.5) is 0 Å². The Morgan fingerprint density at radius 2 is 2.00 bits per heavy atom. The second-order valence-electron chi connectivity index (χ2n) is 5.57. The number of hydrogen-bond acceptors (Lipinski definition) is 3. The van der Waals surface area contributed by atoms with Crippen molar-refractivity contribution in [3.63, 3.8) is 0 Å². The van der Waals surface area contributed by atoms with Crippen LogP contribution in [0.5, 0.6) is 0 Å². The van der Waals surface area contributed by atoms with Gasteiger partial charge in [0.1, 0.15) is 0 Å². The quantitative estimate of drug-likeness (QED) is 0.557. The molecule has 4 heteroatoms. The average Bonchev–Trinajstić information content (AvgIpc) is 2.32. The molecular formula is C14H30N2O2. The minimum absolute atomic E-state index is 0.0645. The molecule has 108 valence electrons. The van der Waals surface area contributed by atoms with Crippen LogP contribution < -0.4 is 10.6 Å². The van der Waals surface area contributed by atoms with Crippen LogP contribution in [0.2, 0.25) is 0 Å². The van der Waals surface area contributed by atoms with Crippen LogP contribution in [-0.2, 0) is 9.53 Å². The van der Waals surface area contributed by atoms with E-state index in [2.05, 4.69) is 31.4 Å². The zero-order chi connectivity index (χ0) is 13.9. The van der Waals surface area contributed by atoms with Crippen LogP contribution in [-0.4, -0.2) is 39.3 Å². The average molecular weight is 258 g/mol. The first kappa shape index (κ1) is 17.4. The number of amides is 1. The van der Waals surface area contributed by atoms with Gasteiger partial charge in [-0.1, -0.05) is 40.0 Å². The Bertz CT molecular complexity index is 218. The summed E-state index contributed by atoms with van der Waals surface area (Å²) in [6.07, 6.45) is 4.92. The van der Waals surface area contributed by atoms with E-state index in [1.165, 1.54) is 19.3 Å². The lowest BCUT2D eigenvalue weighted by atomic mass is 9.87. The maximum atomic E-state index is 11.6. The van der Waals surface area contributed by atoms with Gasteiger partial charge in [-0.15, -0.1) is 0 Å². The number of rotatable bonds is 11. The third kappa shape index (κ3) is 10.5. The molecule has 0 aliphatic heterocycles. The van der Waals surface area contributed by atoms with Crippen molar-refractivity contribution in [1.82, 2.24) is 10.6 Å². The van der Waals surface area contributed by atoms with Crippen molar-refractivity contribution >= 4 is 5.91 Å². The molecule has 0 heterocycles. The van der Waals surface area contributed by atoms with E-state index in [9.17, 15) is 4.79 Å². The highest BCUT2D eigenvalue weighted by Gasteiger charge is 2.17. The van der Waals surface area contributed by atoms with Crippen molar-refractivity contribution in [2.75, 3.05) is 33.4 Å². The minimum atomic E-state index is 0.0645. The summed E-state index contributed by atoms with van der Waals surface area (Å²) in [5, 5.41) is 6.02. The Morgan fingerprint density at radius 3 is 2.61 bits per heavy atom. The van der Waals surface area contributed by atoms with Crippen LogP contribution >= 0.6 is 0 Å². The molecule has 0 aromatic carbocycles. The summed E-state index contributed by atoms with van der Waals surface area (Å²) in [4.78, 5) is 11.6. The number of unbranched alkanes of at least 4 members (excludes halogenated alkanes) is 2. The first-order valence-electron chi connectivity index (χ1n) is 6.98. The minimum Gasteiger partial charge on any atom is -0.383 e. The van der Waals surface area contributed by atoms with Gasteiger partial charge in [0.25, 0.3) is 0 Å². The molecule has 2 N–H and O–H groups in total. The van der Waals surface area contributed by atoms with Crippen LogP contribution in [0.25, 0.3) is 0 Å². The van der Waals surface area contributed by atoms with E-state index in [1.54, 1.807) is 7.11 Å². The molecule has 0 rings (SSSR count). The van der Waals surface area contributed by atoms with Gasteiger partial charge in [0.15, 0.2) is 0 Å². The van der Waals surface area contributed by atoms with Gasteiger partial charge in [-0.3, -0.25) is 4.79 Å². The zero-order valence-corrected chi connectivity index (χ0v) is 12.5. The van der Waals surface area contributed by atoms with Gasteiger partial charge in [0, 0.05) is 20.2 Å². The predicted molar refractivity (Wildman–Crippen MR) is 75.7 cm³/mol. The fraction of sp³-hybridized carbons (Fsp3) is 0.929. The highest BCUT2D eigenvalue weighted by Crippen LogP contribution is 2.22. The maximum Gasteiger partial charge on any atom is 0.233 e. The van der Waals surface area contributed by atoms with Gasteiger partial charge >= 0.3 is 0 Å². The van der Waals surface area contributed by atoms with E-state index >= 15 is 0 Å². The van der Waals surface area contributed by atoms with Crippen molar-refractivity contribution in [2.24, 2.45) is 5.41 Å². The fourth-order valence-electron chi connectivity index (χ4n) is 1.72. The van der Waals surface area contributed by atoms with E-state index in [-0.39, 0.29) is 11.3 Å². The summed E-state index contributed by atoms with van der Waals surface area (Å²) < 4.78 is 4.90. The van der Waals surface area contributed by atoms with Gasteiger partial charge in [-0.2, -0.15) is 0 Å². The van der Waals surface area contributed by atoms with Crippen LogP contribution in [0, 0.1) is 5.41 Å². The molecular weight excluding hydrogens is 228 g/mol. The first-order valence-corrected chi connectivity index (χ1v) is 6.98. The number of carbonyl (C=O) groups excluding carboxylic acids is 1. The number of nitrogens with one attached hydrogen (secondary N) is 2. The van der Waals surface area contributed by atoms with E-state index in [0.717, 1.165) is 13.0 Å². The number of carbonyl (C=O) groups is 1. The van der Waals surface area contributed by atoms with Gasteiger partial charge in [-0.25, -0.2) is 0 Å². The molecule has 0 fully saturated rings. The molecule has 18 heavy (non-hydrogen) atoms. The third-order valence-corrected chi connectivity index (χ3v) is 2.99. The second-order valence-corrected chi connectivity index (χ2v) is 5.57. The van der Waals surface area contributed by atoms with Crippen LogP contribution in [0.1, 0.15) is 46.5 Å². The molecule has 0 bridgehead atoms. The molecule has 0 saturated carbocycles. The topological polar surface area (TPSA) is 50.4 Å². The lowest BCUT2D eigenvalue weighted by Crippen LogP contribution is -2.39. The molecule has 0 spiro atoms. The highest BCUT2D eigenvalue weighted by atomic mass is 16.5. The Kier molecular flexibility index (Phi) is 9.98. The standard InChI is InChI=1S/C14H30N2O2/c1-5-6-7-8-14(2,3)12-16-13(17)11-15-9-10-18-4/h15H,5-12H2,1-4H3,(H,16,17). The molecule has 0 unspecified atom stereocenters. The summed E-state index contributed by atoms with van der Waals surface area (Å²) in [5.74, 6) is 0.0645. The van der Waals surface area contributed by atoms with E-state index in [4.69, 9.17) is 4.74 Å². The van der Waals surface area contributed by atoms with Crippen LogP contribution in [0.15, 0.2) is 0 Å². The SMILES string of the molecule is CCCCCC(C)(C)CNC(=O)CNCCOC. The fourth-order valence-corrected chi connectivity index (χ4v) is 1.72. The normalized spacial score (nSPS) is 11.6. The van der Waals surface area contributed by atoms with Crippen LogP contribution in [0.3, 0.4) is 0 Å². The van der Waals surface area contributed by atoms with Crippen molar-refractivity contribution in [3.05, 3.63) is 0 Å². The molecule has 1 amide bonds. The Morgan fingerprint density at radius 1 is 1.28 bits per heavy atom. The first-order chi connectivity index (χ1) is 8.52. The summed E-state index contributed by atoms with van der Waals surface area (Å²) >= 11 is 0. The van der Waals surface area contributed by atoms with Gasteiger partial charge in [-0.05, 0) is 11.8 Å². The number of methoxy groups -OCH3 is 1. The molecule has 0 aliphatic carbocycles. The van der Waals surface area contributed by atoms with Crippen molar-refractivity contribution in [1.29, 1.82) is 0 Å². The lowest BCUT2D eigenvalue weighted by molar-refractivity contribution is -0.120. The molecule has 4 nitrogen and oxygen atoms in total. The zero-order valence-electron chi connectivity index (χ0n) is 12.5. The molecule has 0 aliphatic rings. The number of hydrogen-bond donors (Lipinski definition) is 2. The van der Waals surface area contributed by atoms with E-state index in [0.29, 0.717) is 19.7 Å². The van der Waals surface area contributed by atoms with E-state index < -0.39 is 0 Å². The second kappa shape index (κ2) is 10.3. The summed E-state index contributed by atoms with van der Waals surface area (Å²) in [7, 11) is 1.65. The number of ether oxygens (including phenoxy) is 1. The van der Waals surface area contributed by atoms with Gasteiger partial charge in [0.05, 0.1) is 13.2 Å². The Balaban J connectivity index is 3.62. The Labute approximate surface area is 112 Å². The molecule has 0 aromatic rings. The van der Waals surface area contributed by atoms with Crippen molar-refractivity contribution in [2.45, 2.75) is 46.5 Å². The predicted octanol–water partition coefficient (Wildman–Crippen LogP) is 1.95. The molecule has 0 radical (unpaired) electrons. The monoisotopic (exact) mass is 258 g/mol. The molecule has 0 saturated heterocycles. The highest BCUT2D eigenvalue weighted by molar-refractivity contribution is 5.77. The smallest absolute Gasteiger partial charge is 0.233 e. The largest absolute Gasteiger partial charge is 0.383 e.